The lowest BCUT2D eigenvalue weighted by Crippen LogP contribution is -2.81. The summed E-state index contributed by atoms with van der Waals surface area (Å²) in [5, 5.41) is 84.6. The van der Waals surface area contributed by atoms with E-state index in [2.05, 4.69) is 16.9 Å². The maximum Gasteiger partial charge on any atom is 0.335 e. The van der Waals surface area contributed by atoms with Crippen LogP contribution in [0.3, 0.4) is 0 Å². The topological polar surface area (TPSA) is 237 Å². The zero-order valence-corrected chi connectivity index (χ0v) is 46.9. The number of benzene rings is 2. The summed E-state index contributed by atoms with van der Waals surface area (Å²) in [5.74, 6) is -3.17. The van der Waals surface area contributed by atoms with Crippen LogP contribution in [-0.2, 0) is 14.2 Å². The van der Waals surface area contributed by atoms with Crippen LogP contribution in [0.15, 0.2) is 34.9 Å². The first-order valence-corrected chi connectivity index (χ1v) is 31.3. The third-order valence-corrected chi connectivity index (χ3v) is 26.7. The molecular formula is C65H84N2O13. The van der Waals surface area contributed by atoms with E-state index in [-0.39, 0.29) is 80.9 Å². The lowest BCUT2D eigenvalue weighted by Gasteiger charge is -2.72. The van der Waals surface area contributed by atoms with Crippen LogP contribution in [0.2, 0.25) is 0 Å². The first-order valence-electron chi connectivity index (χ1n) is 31.3. The molecule has 4 saturated heterocycles. The molecule has 16 rings (SSSR count). The molecule has 0 aromatic heterocycles. The molecule has 12 fully saturated rings. The Bertz CT molecular complexity index is 3070. The second kappa shape index (κ2) is 17.0. The van der Waals surface area contributed by atoms with Crippen LogP contribution in [0, 0.1) is 62.6 Å². The van der Waals surface area contributed by atoms with E-state index in [0.717, 1.165) is 37.3 Å². The highest BCUT2D eigenvalue weighted by atomic mass is 16.7. The molecule has 15 nitrogen and oxygen atoms in total. The van der Waals surface area contributed by atoms with Crippen LogP contribution in [0.25, 0.3) is 10.8 Å². The monoisotopic (exact) mass is 1100 g/mol. The van der Waals surface area contributed by atoms with E-state index in [0.29, 0.717) is 61.6 Å². The summed E-state index contributed by atoms with van der Waals surface area (Å²) < 4.78 is 28.4. The van der Waals surface area contributed by atoms with Crippen LogP contribution in [-0.4, -0.2) is 121 Å². The Balaban J connectivity index is 0.838. The second-order valence-electron chi connectivity index (χ2n) is 30.1. The van der Waals surface area contributed by atoms with Gasteiger partial charge >= 0.3 is 5.97 Å². The van der Waals surface area contributed by atoms with Gasteiger partial charge in [-0.05, 0) is 204 Å². The maximum atomic E-state index is 13.5. The van der Waals surface area contributed by atoms with Gasteiger partial charge in [0.15, 0.2) is 5.78 Å². The maximum absolute atomic E-state index is 13.5. The van der Waals surface area contributed by atoms with Gasteiger partial charge in [-0.15, -0.1) is 0 Å². The number of phenols is 2. The standard InChI is InChI=1S/C65H84N2O13/c1-34-45(35(2)69)49(71)47-39(48(34)70)21-36(55(75)76)22-42(47)78-56-50(72)52(73)65-24-41-46-38(43(80-65)25-59(15-7-8-16-59)53(74)54(65)79-56)9-10-40(46)63(19-20-68)33-77-27-37-23-60-31-62(26-44(60)66-67-64(41,32-60)51(37)63)30-58(13-5-6-14-58)29-61(62)18-17-57(28-61)11-3-4-12-57/h10,21-22,37,41,43-44,50-54,56,66-68,70-74H,3-9,11-20,23-33H2,1-2H3,(H,75,76)/t37-,41+,43+,44+,50+,51-,52+,53-,54+,56+,60-,61-,62+,63-,64-,65-/m0/s1. The van der Waals surface area contributed by atoms with Crippen LogP contribution in [0.4, 0.5) is 0 Å². The lowest BCUT2D eigenvalue weighted by atomic mass is 9.39. The molecular weight excluding hydrogens is 1020 g/mol. The normalized spacial score (nSPS) is 45.5. The van der Waals surface area contributed by atoms with Crippen molar-refractivity contribution in [1.29, 1.82) is 0 Å². The molecule has 8 spiro atoms. The van der Waals surface area contributed by atoms with E-state index >= 15 is 0 Å². The highest BCUT2D eigenvalue weighted by Gasteiger charge is 2.80. The predicted molar refractivity (Wildman–Crippen MR) is 293 cm³/mol. The number of aliphatic hydroxyl groups excluding tert-OH is 4. The summed E-state index contributed by atoms with van der Waals surface area (Å²) in [6.07, 6.45) is 21.4. The van der Waals surface area contributed by atoms with Crippen molar-refractivity contribution in [2.75, 3.05) is 19.8 Å². The summed E-state index contributed by atoms with van der Waals surface area (Å²) in [6.45, 7) is 3.88. The molecule has 9 aliphatic carbocycles. The van der Waals surface area contributed by atoms with Crippen molar-refractivity contribution < 1.29 is 64.3 Å². The van der Waals surface area contributed by atoms with Gasteiger partial charge in [-0.2, -0.15) is 0 Å². The minimum absolute atomic E-state index is 0.0169. The van der Waals surface area contributed by atoms with Crippen molar-refractivity contribution in [1.82, 2.24) is 10.9 Å². The van der Waals surface area contributed by atoms with Gasteiger partial charge < -0.3 is 54.7 Å². The fraction of sp³-hybridized carbons (Fsp3) is 0.754. The molecule has 16 atom stereocenters. The number of aromatic carboxylic acids is 1. The highest BCUT2D eigenvalue weighted by molar-refractivity contribution is 6.11. The van der Waals surface area contributed by atoms with Crippen LogP contribution < -0.4 is 15.6 Å². The van der Waals surface area contributed by atoms with Gasteiger partial charge in [0.25, 0.3) is 0 Å². The molecule has 5 aliphatic heterocycles. The number of rotatable bonds is 6. The van der Waals surface area contributed by atoms with E-state index < -0.39 is 82.0 Å². The predicted octanol–water partition coefficient (Wildman–Crippen LogP) is 8.89. The fourth-order valence-electron chi connectivity index (χ4n) is 24.3. The molecule has 2 aromatic carbocycles. The van der Waals surface area contributed by atoms with Gasteiger partial charge in [-0.1, -0.05) is 44.6 Å². The first-order chi connectivity index (χ1) is 38.3. The number of nitrogens with one attached hydrogen (secondary N) is 2. The van der Waals surface area contributed by atoms with E-state index in [1.807, 2.05) is 0 Å². The van der Waals surface area contributed by atoms with Gasteiger partial charge in [-0.3, -0.25) is 15.6 Å². The van der Waals surface area contributed by atoms with E-state index in [1.54, 1.807) is 0 Å². The largest absolute Gasteiger partial charge is 0.507 e. The summed E-state index contributed by atoms with van der Waals surface area (Å²) in [7, 11) is 0. The summed E-state index contributed by atoms with van der Waals surface area (Å²) in [5.41, 5.74) is 9.77. The van der Waals surface area contributed by atoms with Crippen LogP contribution >= 0.6 is 0 Å². The number of hydrogen-bond donors (Lipinski definition) is 9. The first kappa shape index (κ1) is 52.0. The summed E-state index contributed by atoms with van der Waals surface area (Å²) in [4.78, 5) is 25.7. The highest BCUT2D eigenvalue weighted by Crippen LogP contribution is 2.83. The van der Waals surface area contributed by atoms with Gasteiger partial charge in [0.1, 0.15) is 41.2 Å². The third kappa shape index (κ3) is 6.49. The Hall–Kier alpha value is -3.64. The molecule has 0 radical (unpaired) electrons. The molecule has 8 saturated carbocycles. The molecule has 14 aliphatic rings. The number of aliphatic hydroxyl groups is 4. The van der Waals surface area contributed by atoms with Gasteiger partial charge in [0.05, 0.1) is 35.3 Å². The van der Waals surface area contributed by atoms with Crippen molar-refractivity contribution >= 4 is 22.5 Å². The van der Waals surface area contributed by atoms with E-state index in [1.165, 1.54) is 127 Å². The molecule has 80 heavy (non-hydrogen) atoms. The summed E-state index contributed by atoms with van der Waals surface area (Å²) in [6, 6.07) is 2.62. The minimum Gasteiger partial charge on any atom is -0.507 e. The smallest absolute Gasteiger partial charge is 0.335 e. The minimum atomic E-state index is -1.83. The quantitative estimate of drug-likeness (QED) is 0.0970. The number of carbonyl (C=O) groups excluding carboxylic acids is 1. The zero-order chi connectivity index (χ0) is 54.9. The Kier molecular flexibility index (Phi) is 11.1. The number of ketones is 1. The Morgan fingerprint density at radius 3 is 2.26 bits per heavy atom. The van der Waals surface area contributed by atoms with E-state index in [4.69, 9.17) is 18.9 Å². The molecule has 2 aromatic rings. The lowest BCUT2D eigenvalue weighted by molar-refractivity contribution is -0.340. The number of carboxylic acid groups (broad SMARTS) is 1. The molecule has 4 bridgehead atoms. The zero-order valence-electron chi connectivity index (χ0n) is 46.9. The molecule has 0 amide bonds. The summed E-state index contributed by atoms with van der Waals surface area (Å²) >= 11 is 0. The van der Waals surface area contributed by atoms with Crippen molar-refractivity contribution in [2.45, 2.75) is 228 Å². The fourth-order valence-corrected chi connectivity index (χ4v) is 24.3. The number of ether oxygens (including phenoxy) is 4. The van der Waals surface area contributed by atoms with Crippen molar-refractivity contribution in [3.05, 3.63) is 51.6 Å². The number of phenolic OH excluding ortho intramolecular Hbond substituents is 2. The average molecular weight is 1100 g/mol. The number of carbonyl (C=O) groups is 2. The number of Topliss-reactive ketones (excluding diaryl/α,β-unsaturated/α-hetero) is 1. The number of allylic oxidation sites excluding steroid dienone is 1. The number of hydrogen-bond acceptors (Lipinski definition) is 14. The van der Waals surface area contributed by atoms with Crippen LogP contribution in [0.5, 0.6) is 17.2 Å². The Labute approximate surface area is 468 Å². The van der Waals surface area contributed by atoms with Crippen molar-refractivity contribution in [3.63, 3.8) is 0 Å². The molecule has 9 N–H and O–H groups in total. The third-order valence-electron chi connectivity index (χ3n) is 26.7. The van der Waals surface area contributed by atoms with Gasteiger partial charge in [0, 0.05) is 52.5 Å². The van der Waals surface area contributed by atoms with Gasteiger partial charge in [0.2, 0.25) is 6.29 Å². The van der Waals surface area contributed by atoms with Crippen LogP contribution in [0.1, 0.15) is 194 Å². The molecule has 15 heteroatoms. The molecule has 5 heterocycles. The van der Waals surface area contributed by atoms with Gasteiger partial charge in [-0.25, -0.2) is 4.79 Å². The Morgan fingerprint density at radius 1 is 0.800 bits per heavy atom. The average Bonchev–Trinajstić information content (AvgIpc) is 1.63. The second-order valence-corrected chi connectivity index (χ2v) is 30.1. The molecule has 0 unspecified atom stereocenters. The van der Waals surface area contributed by atoms with Crippen molar-refractivity contribution in [3.8, 4) is 17.2 Å². The number of hydrazine groups is 1. The Morgan fingerprint density at radius 2 is 1.52 bits per heavy atom. The number of fused-ring (bicyclic) bond motifs is 5. The number of aromatic hydroxyl groups is 2. The van der Waals surface area contributed by atoms with E-state index in [9.17, 15) is 45.3 Å². The SMILES string of the molecule is CC(=O)c1c(C)c(O)c2cc(C(=O)O)cc(O[C@@H]3O[C@@H]4[C@H](O)C5(CCCC5)C[C@H]5O[C@@]4(C[C@@H]4C6=C5CC=C6[C@]5(CCO)COC[C@@H]6C[C@]78C[C@@]4(NN[C@@H]7C[C@@]4(CC7(CCCC7)C[C@@]47CCC4(CCCC4)C7)C8)[C@@H]65)[C@H](O)[C@H]3O)c2c1O. The number of carboxylic acids is 1. The van der Waals surface area contributed by atoms with Crippen molar-refractivity contribution in [2.24, 2.45) is 55.7 Å². The molecule has 432 valence electrons.